The molecule has 2 aromatic rings. The van der Waals surface area contributed by atoms with E-state index < -0.39 is 0 Å². The van der Waals surface area contributed by atoms with Crippen LogP contribution < -0.4 is 10.6 Å². The second kappa shape index (κ2) is 5.58. The summed E-state index contributed by atoms with van der Waals surface area (Å²) in [5.74, 6) is 0. The number of rotatable bonds is 4. The second-order valence-corrected chi connectivity index (χ2v) is 4.70. The van der Waals surface area contributed by atoms with Gasteiger partial charge in [0.05, 0.1) is 0 Å². The third kappa shape index (κ3) is 3.26. The average Bonchev–Trinajstić information content (AvgIpc) is 2.75. The topological polar surface area (TPSA) is 56.9 Å². The Bertz CT molecular complexity index is 531. The van der Waals surface area contributed by atoms with E-state index in [9.17, 15) is 4.79 Å². The van der Waals surface area contributed by atoms with Crippen molar-refractivity contribution in [3.05, 3.63) is 36.0 Å². The van der Waals surface area contributed by atoms with Gasteiger partial charge in [-0.2, -0.15) is 0 Å². The summed E-state index contributed by atoms with van der Waals surface area (Å²) in [5.41, 5.74) is 2.37. The van der Waals surface area contributed by atoms with Crippen LogP contribution in [0.2, 0.25) is 0 Å². The van der Waals surface area contributed by atoms with E-state index >= 15 is 0 Å². The normalized spacial score (nSPS) is 10.8. The highest BCUT2D eigenvalue weighted by atomic mass is 16.2. The summed E-state index contributed by atoms with van der Waals surface area (Å²) < 4.78 is 0. The molecule has 1 aromatic carbocycles. The standard InChI is InChI=1S/C14H19N3O/c1-10(2)17-14(18)16-7-5-11-3-4-13-12(9-11)6-8-15-13/h3-4,6,8-10,15H,5,7H2,1-2H3,(H2,16,17,18). The molecule has 18 heavy (non-hydrogen) atoms. The lowest BCUT2D eigenvalue weighted by molar-refractivity contribution is 0.238. The first-order valence-corrected chi connectivity index (χ1v) is 6.25. The number of hydrogen-bond acceptors (Lipinski definition) is 1. The second-order valence-electron chi connectivity index (χ2n) is 4.70. The number of carbonyl (C=O) groups is 1. The fraction of sp³-hybridized carbons (Fsp3) is 0.357. The summed E-state index contributed by atoms with van der Waals surface area (Å²) in [7, 11) is 0. The lowest BCUT2D eigenvalue weighted by atomic mass is 10.1. The Labute approximate surface area is 107 Å². The Morgan fingerprint density at radius 2 is 2.17 bits per heavy atom. The van der Waals surface area contributed by atoms with Gasteiger partial charge in [0.15, 0.2) is 0 Å². The molecule has 4 nitrogen and oxygen atoms in total. The van der Waals surface area contributed by atoms with Crippen LogP contribution in [0, 0.1) is 0 Å². The van der Waals surface area contributed by atoms with Crippen LogP contribution in [0.25, 0.3) is 10.9 Å². The minimum absolute atomic E-state index is 0.104. The smallest absolute Gasteiger partial charge is 0.314 e. The van der Waals surface area contributed by atoms with Gasteiger partial charge in [0.25, 0.3) is 0 Å². The van der Waals surface area contributed by atoms with Crippen molar-refractivity contribution in [1.29, 1.82) is 0 Å². The van der Waals surface area contributed by atoms with E-state index in [1.54, 1.807) is 0 Å². The molecular weight excluding hydrogens is 226 g/mol. The molecule has 3 N–H and O–H groups in total. The molecule has 96 valence electrons. The van der Waals surface area contributed by atoms with E-state index in [0.717, 1.165) is 11.9 Å². The molecule has 2 rings (SSSR count). The monoisotopic (exact) mass is 245 g/mol. The van der Waals surface area contributed by atoms with Crippen molar-refractivity contribution in [3.63, 3.8) is 0 Å². The number of H-pyrrole nitrogens is 1. The number of urea groups is 1. The molecule has 1 aromatic heterocycles. The van der Waals surface area contributed by atoms with E-state index in [1.165, 1.54) is 10.9 Å². The van der Waals surface area contributed by atoms with Crippen LogP contribution >= 0.6 is 0 Å². The van der Waals surface area contributed by atoms with Crippen molar-refractivity contribution in [3.8, 4) is 0 Å². The largest absolute Gasteiger partial charge is 0.361 e. The van der Waals surface area contributed by atoms with Crippen molar-refractivity contribution >= 4 is 16.9 Å². The maximum Gasteiger partial charge on any atom is 0.314 e. The number of aromatic nitrogens is 1. The minimum Gasteiger partial charge on any atom is -0.361 e. The highest BCUT2D eigenvalue weighted by Gasteiger charge is 2.02. The maximum atomic E-state index is 11.4. The highest BCUT2D eigenvalue weighted by Crippen LogP contribution is 2.14. The fourth-order valence-corrected chi connectivity index (χ4v) is 1.89. The molecule has 0 bridgehead atoms. The first-order valence-electron chi connectivity index (χ1n) is 6.25. The molecule has 0 atom stereocenters. The summed E-state index contributed by atoms with van der Waals surface area (Å²) in [4.78, 5) is 14.6. The zero-order chi connectivity index (χ0) is 13.0. The van der Waals surface area contributed by atoms with Gasteiger partial charge in [0.2, 0.25) is 0 Å². The van der Waals surface area contributed by atoms with Gasteiger partial charge < -0.3 is 15.6 Å². The molecule has 4 heteroatoms. The van der Waals surface area contributed by atoms with Gasteiger partial charge in [-0.25, -0.2) is 4.79 Å². The summed E-state index contributed by atoms with van der Waals surface area (Å²) in [6.45, 7) is 4.54. The number of fused-ring (bicyclic) bond motifs is 1. The molecule has 0 saturated heterocycles. The molecule has 0 aliphatic heterocycles. The Hall–Kier alpha value is -1.97. The van der Waals surface area contributed by atoms with Gasteiger partial charge in [-0.1, -0.05) is 6.07 Å². The van der Waals surface area contributed by atoms with E-state index in [0.29, 0.717) is 6.54 Å². The number of amides is 2. The third-order valence-electron chi connectivity index (χ3n) is 2.74. The molecule has 1 heterocycles. The SMILES string of the molecule is CC(C)NC(=O)NCCc1ccc2[nH]ccc2c1. The maximum absolute atomic E-state index is 11.4. The molecule has 0 fully saturated rings. The van der Waals surface area contributed by atoms with Crippen LogP contribution in [0.15, 0.2) is 30.5 Å². The van der Waals surface area contributed by atoms with Crippen LogP contribution in [0.5, 0.6) is 0 Å². The number of aromatic amines is 1. The molecule has 0 aliphatic carbocycles. The number of nitrogens with one attached hydrogen (secondary N) is 3. The average molecular weight is 245 g/mol. The lowest BCUT2D eigenvalue weighted by Crippen LogP contribution is -2.40. The Morgan fingerprint density at radius 3 is 2.94 bits per heavy atom. The first-order chi connectivity index (χ1) is 8.65. The molecular formula is C14H19N3O. The van der Waals surface area contributed by atoms with Crippen molar-refractivity contribution < 1.29 is 4.79 Å². The zero-order valence-corrected chi connectivity index (χ0v) is 10.8. The number of benzene rings is 1. The Kier molecular flexibility index (Phi) is 3.87. The van der Waals surface area contributed by atoms with Crippen LogP contribution in [0.3, 0.4) is 0 Å². The van der Waals surface area contributed by atoms with E-state index in [2.05, 4.69) is 39.9 Å². The van der Waals surface area contributed by atoms with Gasteiger partial charge in [-0.15, -0.1) is 0 Å². The van der Waals surface area contributed by atoms with Gasteiger partial charge in [0, 0.05) is 24.3 Å². The first kappa shape index (κ1) is 12.5. The van der Waals surface area contributed by atoms with Gasteiger partial charge >= 0.3 is 6.03 Å². The van der Waals surface area contributed by atoms with E-state index in [4.69, 9.17) is 0 Å². The van der Waals surface area contributed by atoms with Gasteiger partial charge in [-0.05, 0) is 49.4 Å². The summed E-state index contributed by atoms with van der Waals surface area (Å²) in [6, 6.07) is 8.42. The molecule has 0 unspecified atom stereocenters. The number of hydrogen-bond donors (Lipinski definition) is 3. The van der Waals surface area contributed by atoms with Crippen LogP contribution in [-0.4, -0.2) is 23.6 Å². The Balaban J connectivity index is 1.84. The van der Waals surface area contributed by atoms with Crippen molar-refractivity contribution in [2.45, 2.75) is 26.3 Å². The van der Waals surface area contributed by atoms with Crippen molar-refractivity contribution in [2.75, 3.05) is 6.54 Å². The summed E-state index contributed by atoms with van der Waals surface area (Å²) in [6.07, 6.45) is 2.77. The van der Waals surface area contributed by atoms with Crippen LogP contribution in [0.1, 0.15) is 19.4 Å². The Morgan fingerprint density at radius 1 is 1.33 bits per heavy atom. The van der Waals surface area contributed by atoms with Gasteiger partial charge in [-0.3, -0.25) is 0 Å². The van der Waals surface area contributed by atoms with Crippen LogP contribution in [-0.2, 0) is 6.42 Å². The summed E-state index contributed by atoms with van der Waals surface area (Å²) in [5, 5.41) is 6.85. The quantitative estimate of drug-likeness (QED) is 0.761. The molecule has 0 spiro atoms. The van der Waals surface area contributed by atoms with Gasteiger partial charge in [0.1, 0.15) is 0 Å². The van der Waals surface area contributed by atoms with E-state index in [-0.39, 0.29) is 12.1 Å². The fourth-order valence-electron chi connectivity index (χ4n) is 1.89. The minimum atomic E-state index is -0.104. The summed E-state index contributed by atoms with van der Waals surface area (Å²) >= 11 is 0. The lowest BCUT2D eigenvalue weighted by Gasteiger charge is -2.10. The third-order valence-corrected chi connectivity index (χ3v) is 2.74. The van der Waals surface area contributed by atoms with Crippen molar-refractivity contribution in [1.82, 2.24) is 15.6 Å². The molecule has 2 amide bonds. The highest BCUT2D eigenvalue weighted by molar-refractivity contribution is 5.80. The predicted molar refractivity (Wildman–Crippen MR) is 73.7 cm³/mol. The predicted octanol–water partition coefficient (Wildman–Crippen LogP) is 2.42. The molecule has 0 radical (unpaired) electrons. The number of carbonyl (C=O) groups excluding carboxylic acids is 1. The molecule has 0 aliphatic rings. The zero-order valence-electron chi connectivity index (χ0n) is 10.8. The van der Waals surface area contributed by atoms with Crippen molar-refractivity contribution in [2.24, 2.45) is 0 Å². The van der Waals surface area contributed by atoms with Crippen LogP contribution in [0.4, 0.5) is 4.79 Å². The molecule has 0 saturated carbocycles. The van der Waals surface area contributed by atoms with E-state index in [1.807, 2.05) is 20.0 Å².